The molecule has 0 spiro atoms. The third-order valence-corrected chi connectivity index (χ3v) is 8.72. The number of phosphoric acid groups is 1. The van der Waals surface area contributed by atoms with E-state index in [0.717, 1.165) is 38.5 Å². The van der Waals surface area contributed by atoms with Crippen LogP contribution in [0.2, 0.25) is 0 Å². The normalized spacial score (nSPS) is 12.8. The molecule has 0 aliphatic carbocycles. The number of esters is 2. The SMILES string of the molecule is CCCCCCCCCC/C=C/CCCCCC(=O)OC[C@H](COP(=O)(O)O)OC(=O)/C=C/C=C/CCCCCCCCCCCCC. The number of carbonyl (C=O) groups excluding carboxylic acids is 2. The van der Waals surface area contributed by atoms with Crippen molar-refractivity contribution in [1.29, 1.82) is 0 Å². The van der Waals surface area contributed by atoms with Crippen molar-refractivity contribution in [3.63, 3.8) is 0 Å². The van der Waals surface area contributed by atoms with Gasteiger partial charge in [0.25, 0.3) is 0 Å². The molecule has 280 valence electrons. The average molecular weight is 699 g/mol. The summed E-state index contributed by atoms with van der Waals surface area (Å²) in [6.07, 6.45) is 40.7. The van der Waals surface area contributed by atoms with Gasteiger partial charge in [-0.2, -0.15) is 0 Å². The fourth-order valence-electron chi connectivity index (χ4n) is 5.33. The molecule has 0 heterocycles. The van der Waals surface area contributed by atoms with Gasteiger partial charge in [0.05, 0.1) is 6.61 Å². The first kappa shape index (κ1) is 46.3. The molecule has 0 saturated carbocycles. The number of unbranched alkanes of at least 4 members (excludes halogenated alkanes) is 22. The quantitative estimate of drug-likeness (QED) is 0.0168. The molecule has 0 amide bonds. The van der Waals surface area contributed by atoms with Gasteiger partial charge in [-0.15, -0.1) is 0 Å². The van der Waals surface area contributed by atoms with Crippen LogP contribution in [-0.4, -0.2) is 41.0 Å². The zero-order chi connectivity index (χ0) is 35.4. The minimum Gasteiger partial charge on any atom is -0.462 e. The highest BCUT2D eigenvalue weighted by Gasteiger charge is 2.22. The van der Waals surface area contributed by atoms with Crippen molar-refractivity contribution in [3.8, 4) is 0 Å². The summed E-state index contributed by atoms with van der Waals surface area (Å²) < 4.78 is 26.1. The van der Waals surface area contributed by atoms with Crippen LogP contribution in [0, 0.1) is 0 Å². The second-order valence-corrected chi connectivity index (χ2v) is 14.2. The molecule has 0 radical (unpaired) electrons. The number of allylic oxidation sites excluding steroid dienone is 5. The minimum absolute atomic E-state index is 0.228. The van der Waals surface area contributed by atoms with Gasteiger partial charge in [0.2, 0.25) is 0 Å². The van der Waals surface area contributed by atoms with Crippen molar-refractivity contribution in [2.24, 2.45) is 0 Å². The maximum atomic E-state index is 12.2. The Morgan fingerprint density at radius 1 is 0.583 bits per heavy atom. The first-order valence-electron chi connectivity index (χ1n) is 19.3. The summed E-state index contributed by atoms with van der Waals surface area (Å²) in [4.78, 5) is 42.5. The van der Waals surface area contributed by atoms with Crippen LogP contribution in [0.3, 0.4) is 0 Å². The Morgan fingerprint density at radius 3 is 1.50 bits per heavy atom. The molecule has 8 nitrogen and oxygen atoms in total. The molecule has 48 heavy (non-hydrogen) atoms. The maximum Gasteiger partial charge on any atom is 0.469 e. The van der Waals surface area contributed by atoms with E-state index < -0.39 is 32.5 Å². The predicted molar refractivity (Wildman–Crippen MR) is 198 cm³/mol. The van der Waals surface area contributed by atoms with Gasteiger partial charge in [0.15, 0.2) is 6.10 Å². The van der Waals surface area contributed by atoms with Crippen LogP contribution < -0.4 is 0 Å². The van der Waals surface area contributed by atoms with Crippen LogP contribution >= 0.6 is 7.82 Å². The van der Waals surface area contributed by atoms with Gasteiger partial charge in [0.1, 0.15) is 6.61 Å². The van der Waals surface area contributed by atoms with Gasteiger partial charge in [-0.25, -0.2) is 9.36 Å². The Hall–Kier alpha value is -1.73. The zero-order valence-electron chi connectivity index (χ0n) is 30.6. The number of rotatable bonds is 35. The smallest absolute Gasteiger partial charge is 0.462 e. The first-order valence-corrected chi connectivity index (χ1v) is 20.9. The van der Waals surface area contributed by atoms with E-state index in [-0.39, 0.29) is 13.0 Å². The monoisotopic (exact) mass is 698 g/mol. The van der Waals surface area contributed by atoms with Gasteiger partial charge >= 0.3 is 19.8 Å². The lowest BCUT2D eigenvalue weighted by molar-refractivity contribution is -0.157. The van der Waals surface area contributed by atoms with E-state index in [4.69, 9.17) is 19.3 Å². The number of phosphoric ester groups is 1. The Kier molecular flexibility index (Phi) is 33.8. The summed E-state index contributed by atoms with van der Waals surface area (Å²) in [5, 5.41) is 0. The molecular formula is C39H71O8P. The molecule has 9 heteroatoms. The summed E-state index contributed by atoms with van der Waals surface area (Å²) >= 11 is 0. The highest BCUT2D eigenvalue weighted by Crippen LogP contribution is 2.35. The van der Waals surface area contributed by atoms with E-state index in [9.17, 15) is 14.2 Å². The van der Waals surface area contributed by atoms with Gasteiger partial charge in [-0.3, -0.25) is 9.32 Å². The molecule has 0 aliphatic heterocycles. The Labute approximate surface area is 293 Å². The molecule has 1 atom stereocenters. The van der Waals surface area contributed by atoms with E-state index >= 15 is 0 Å². The van der Waals surface area contributed by atoms with Crippen LogP contribution in [0.15, 0.2) is 36.5 Å². The van der Waals surface area contributed by atoms with E-state index in [1.165, 1.54) is 122 Å². The molecule has 0 fully saturated rings. The van der Waals surface area contributed by atoms with Crippen molar-refractivity contribution in [2.45, 2.75) is 187 Å². The molecule has 0 saturated heterocycles. The number of hydrogen-bond donors (Lipinski definition) is 2. The topological polar surface area (TPSA) is 119 Å². The molecule has 2 N–H and O–H groups in total. The summed E-state index contributed by atoms with van der Waals surface area (Å²) in [5.41, 5.74) is 0. The molecular weight excluding hydrogens is 627 g/mol. The highest BCUT2D eigenvalue weighted by atomic mass is 31.2. The van der Waals surface area contributed by atoms with E-state index in [1.54, 1.807) is 12.2 Å². The number of ether oxygens (including phenoxy) is 2. The van der Waals surface area contributed by atoms with Crippen molar-refractivity contribution in [3.05, 3.63) is 36.5 Å². The van der Waals surface area contributed by atoms with Gasteiger partial charge in [0, 0.05) is 12.5 Å². The summed E-state index contributed by atoms with van der Waals surface area (Å²) in [6.45, 7) is 3.57. The lowest BCUT2D eigenvalue weighted by Gasteiger charge is -2.17. The lowest BCUT2D eigenvalue weighted by Crippen LogP contribution is -2.29. The molecule has 0 aliphatic rings. The second-order valence-electron chi connectivity index (χ2n) is 13.0. The Morgan fingerprint density at radius 2 is 1.02 bits per heavy atom. The molecule has 0 aromatic rings. The van der Waals surface area contributed by atoms with Crippen LogP contribution in [0.25, 0.3) is 0 Å². The van der Waals surface area contributed by atoms with Gasteiger partial charge in [-0.1, -0.05) is 160 Å². The standard InChI is InChI=1S/C39H71O8P/c1-3-5-7-9-11-13-15-17-19-21-23-25-27-29-31-33-38(40)45-35-37(36-46-48(42,43)44)47-39(41)34-32-30-28-26-24-22-20-18-16-14-12-10-8-6-4-2/h21,23,28,30,32,34,37H,3-20,22,24-27,29,31,33,35-36H2,1-2H3,(H2,42,43,44)/b23-21+,30-28+,34-32+/t37-/m1/s1. The summed E-state index contributed by atoms with van der Waals surface area (Å²) in [7, 11) is -4.78. The van der Waals surface area contributed by atoms with Crippen molar-refractivity contribution in [2.75, 3.05) is 13.2 Å². The minimum atomic E-state index is -4.78. The average Bonchev–Trinajstić information content (AvgIpc) is 3.05. The third kappa shape index (κ3) is 37.1. The molecule has 0 unspecified atom stereocenters. The molecule has 0 rings (SSSR count). The predicted octanol–water partition coefficient (Wildman–Crippen LogP) is 11.4. The van der Waals surface area contributed by atoms with Crippen LogP contribution in [-0.2, 0) is 28.2 Å². The van der Waals surface area contributed by atoms with Crippen LogP contribution in [0.1, 0.15) is 181 Å². The van der Waals surface area contributed by atoms with Gasteiger partial charge in [-0.05, 0) is 44.9 Å². The van der Waals surface area contributed by atoms with Crippen molar-refractivity contribution >= 4 is 19.8 Å². The third-order valence-electron chi connectivity index (χ3n) is 8.24. The summed E-state index contributed by atoms with van der Waals surface area (Å²) in [6, 6.07) is 0. The Balaban J connectivity index is 4.08. The van der Waals surface area contributed by atoms with Gasteiger partial charge < -0.3 is 19.3 Å². The van der Waals surface area contributed by atoms with Crippen LogP contribution in [0.4, 0.5) is 0 Å². The van der Waals surface area contributed by atoms with Crippen molar-refractivity contribution < 1.29 is 37.9 Å². The molecule has 0 aromatic heterocycles. The molecule has 0 bridgehead atoms. The van der Waals surface area contributed by atoms with Crippen molar-refractivity contribution in [1.82, 2.24) is 0 Å². The summed E-state index contributed by atoms with van der Waals surface area (Å²) in [5.74, 6) is -1.15. The number of carbonyl (C=O) groups is 2. The lowest BCUT2D eigenvalue weighted by atomic mass is 10.1. The highest BCUT2D eigenvalue weighted by molar-refractivity contribution is 7.46. The fraction of sp³-hybridized carbons (Fsp3) is 0.795. The zero-order valence-corrected chi connectivity index (χ0v) is 31.5. The number of hydrogen-bond acceptors (Lipinski definition) is 6. The Bertz CT molecular complexity index is 879. The maximum absolute atomic E-state index is 12.2. The molecule has 0 aromatic carbocycles. The van der Waals surface area contributed by atoms with E-state index in [1.807, 2.05) is 6.08 Å². The van der Waals surface area contributed by atoms with E-state index in [2.05, 4.69) is 30.5 Å². The van der Waals surface area contributed by atoms with Crippen LogP contribution in [0.5, 0.6) is 0 Å². The first-order chi connectivity index (χ1) is 23.3. The fourth-order valence-corrected chi connectivity index (χ4v) is 5.69. The second kappa shape index (κ2) is 35.1. The largest absolute Gasteiger partial charge is 0.469 e. The van der Waals surface area contributed by atoms with E-state index in [0.29, 0.717) is 6.42 Å².